The summed E-state index contributed by atoms with van der Waals surface area (Å²) < 4.78 is 0. The van der Waals surface area contributed by atoms with Crippen LogP contribution in [0, 0.1) is 0 Å². The van der Waals surface area contributed by atoms with Crippen LogP contribution >= 0.6 is 0 Å². The molecule has 222 valence electrons. The second kappa shape index (κ2) is 10.7. The lowest BCUT2D eigenvalue weighted by Crippen LogP contribution is -1.91. The predicted octanol–water partition coefficient (Wildman–Crippen LogP) is 13.6. The molecule has 10 aromatic carbocycles. The van der Waals surface area contributed by atoms with Crippen LogP contribution in [0.5, 0.6) is 0 Å². The van der Waals surface area contributed by atoms with Gasteiger partial charge in [0.1, 0.15) is 0 Å². The minimum Gasteiger partial charge on any atom is -0.0616 e. The van der Waals surface area contributed by atoms with Crippen molar-refractivity contribution in [2.75, 3.05) is 0 Å². The molecule has 48 heavy (non-hydrogen) atoms. The maximum Gasteiger partial charge on any atom is -0.00261 e. The number of hydrogen-bond donors (Lipinski definition) is 0. The van der Waals surface area contributed by atoms with Gasteiger partial charge >= 0.3 is 0 Å². The van der Waals surface area contributed by atoms with Gasteiger partial charge in [-0.3, -0.25) is 0 Å². The second-order valence-electron chi connectivity index (χ2n) is 12.9. The quantitative estimate of drug-likeness (QED) is 0.139. The zero-order chi connectivity index (χ0) is 31.6. The summed E-state index contributed by atoms with van der Waals surface area (Å²) in [5.74, 6) is 0. The molecule has 0 saturated carbocycles. The number of hydrogen-bond acceptors (Lipinski definition) is 0. The second-order valence-corrected chi connectivity index (χ2v) is 12.9. The Kier molecular flexibility index (Phi) is 5.98. The van der Waals surface area contributed by atoms with Crippen LogP contribution in [-0.2, 0) is 0 Å². The van der Waals surface area contributed by atoms with Gasteiger partial charge in [0.05, 0.1) is 0 Å². The zero-order valence-corrected chi connectivity index (χ0v) is 26.3. The topological polar surface area (TPSA) is 0 Å². The van der Waals surface area contributed by atoms with Crippen LogP contribution in [0.1, 0.15) is 0 Å². The molecule has 0 spiro atoms. The van der Waals surface area contributed by atoms with E-state index in [2.05, 4.69) is 182 Å². The molecule has 0 aliphatic rings. The van der Waals surface area contributed by atoms with Crippen molar-refractivity contribution in [2.24, 2.45) is 0 Å². The van der Waals surface area contributed by atoms with Crippen LogP contribution < -0.4 is 0 Å². The van der Waals surface area contributed by atoms with E-state index in [1.807, 2.05) is 0 Å². The molecule has 0 aliphatic carbocycles. The first-order valence-electron chi connectivity index (χ1n) is 16.7. The molecule has 10 aromatic rings. The Balaban J connectivity index is 1.18. The van der Waals surface area contributed by atoms with E-state index < -0.39 is 0 Å². The van der Waals surface area contributed by atoms with Gasteiger partial charge in [0.15, 0.2) is 0 Å². The molecule has 0 radical (unpaired) electrons. The SMILES string of the molecule is c1ccc2c(-c3ccc4cc(-c5c6ccccc6c(-c6ccc7ccc8ccccc8c7c6)c6ccccc56)ccc4c3)cccc2c1. The number of rotatable bonds is 3. The molecule has 0 heteroatoms. The Bertz CT molecular complexity index is 2830. The lowest BCUT2D eigenvalue weighted by molar-refractivity contribution is 1.66. The fraction of sp³-hybridized carbons (Fsp3) is 0. The van der Waals surface area contributed by atoms with Gasteiger partial charge in [0.25, 0.3) is 0 Å². The normalized spacial score (nSPS) is 11.8. The molecule has 0 N–H and O–H groups in total. The first-order chi connectivity index (χ1) is 23.8. The van der Waals surface area contributed by atoms with Crippen LogP contribution in [0.25, 0.3) is 98.0 Å². The van der Waals surface area contributed by atoms with Crippen LogP contribution in [0.2, 0.25) is 0 Å². The van der Waals surface area contributed by atoms with Gasteiger partial charge in [0, 0.05) is 0 Å². The highest BCUT2D eigenvalue weighted by molar-refractivity contribution is 6.22. The lowest BCUT2D eigenvalue weighted by atomic mass is 9.85. The van der Waals surface area contributed by atoms with E-state index in [0.29, 0.717) is 0 Å². The van der Waals surface area contributed by atoms with Gasteiger partial charge in [-0.1, -0.05) is 164 Å². The summed E-state index contributed by atoms with van der Waals surface area (Å²) in [6.45, 7) is 0. The number of fused-ring (bicyclic) bond motifs is 7. The maximum absolute atomic E-state index is 2.40. The lowest BCUT2D eigenvalue weighted by Gasteiger charge is -2.18. The van der Waals surface area contributed by atoms with E-state index in [9.17, 15) is 0 Å². The summed E-state index contributed by atoms with van der Waals surface area (Å²) in [5, 5.41) is 15.3. The van der Waals surface area contributed by atoms with E-state index in [0.717, 1.165) is 0 Å². The van der Waals surface area contributed by atoms with Gasteiger partial charge in [-0.15, -0.1) is 0 Å². The Morgan fingerprint density at radius 3 is 1.23 bits per heavy atom. The van der Waals surface area contributed by atoms with Crippen molar-refractivity contribution >= 4 is 64.6 Å². The molecule has 0 aromatic heterocycles. The van der Waals surface area contributed by atoms with Crippen molar-refractivity contribution in [3.63, 3.8) is 0 Å². The average molecular weight is 607 g/mol. The highest BCUT2D eigenvalue weighted by Gasteiger charge is 2.17. The first kappa shape index (κ1) is 26.9. The van der Waals surface area contributed by atoms with Gasteiger partial charge in [0.2, 0.25) is 0 Å². The third-order valence-corrected chi connectivity index (χ3v) is 10.2. The molecule has 0 bridgehead atoms. The van der Waals surface area contributed by atoms with Crippen LogP contribution in [-0.4, -0.2) is 0 Å². The van der Waals surface area contributed by atoms with Gasteiger partial charge < -0.3 is 0 Å². The van der Waals surface area contributed by atoms with E-state index in [4.69, 9.17) is 0 Å². The Morgan fingerprint density at radius 1 is 0.208 bits per heavy atom. The van der Waals surface area contributed by atoms with E-state index in [-0.39, 0.29) is 0 Å². The predicted molar refractivity (Wildman–Crippen MR) is 208 cm³/mol. The molecule has 10 rings (SSSR count). The smallest absolute Gasteiger partial charge is 0.00261 e. The summed E-state index contributed by atoms with van der Waals surface area (Å²) in [6.07, 6.45) is 0. The van der Waals surface area contributed by atoms with Crippen molar-refractivity contribution < 1.29 is 0 Å². The summed E-state index contributed by atoms with van der Waals surface area (Å²) >= 11 is 0. The van der Waals surface area contributed by atoms with Gasteiger partial charge in [-0.05, 0) is 116 Å². The summed E-state index contributed by atoms with van der Waals surface area (Å²) in [5.41, 5.74) is 7.58. The zero-order valence-electron chi connectivity index (χ0n) is 26.3. The molecule has 0 heterocycles. The Labute approximate surface area is 279 Å². The molecule has 0 saturated heterocycles. The summed E-state index contributed by atoms with van der Waals surface area (Å²) in [4.78, 5) is 0. The van der Waals surface area contributed by atoms with Gasteiger partial charge in [-0.25, -0.2) is 0 Å². The maximum atomic E-state index is 2.40. The highest BCUT2D eigenvalue weighted by atomic mass is 14.2. The fourth-order valence-corrected chi connectivity index (χ4v) is 7.95. The monoisotopic (exact) mass is 606 g/mol. The third-order valence-electron chi connectivity index (χ3n) is 10.2. The van der Waals surface area contributed by atoms with Gasteiger partial charge in [-0.2, -0.15) is 0 Å². The molecular weight excluding hydrogens is 577 g/mol. The molecule has 0 aliphatic heterocycles. The Morgan fingerprint density at radius 2 is 0.604 bits per heavy atom. The molecular formula is C48H30. The first-order valence-corrected chi connectivity index (χ1v) is 16.7. The molecule has 0 fully saturated rings. The van der Waals surface area contributed by atoms with Crippen molar-refractivity contribution in [2.45, 2.75) is 0 Å². The highest BCUT2D eigenvalue weighted by Crippen LogP contribution is 2.45. The third kappa shape index (κ3) is 4.16. The van der Waals surface area contributed by atoms with Crippen molar-refractivity contribution in [1.29, 1.82) is 0 Å². The largest absolute Gasteiger partial charge is 0.0616 e. The Hall–Kier alpha value is -6.24. The van der Waals surface area contributed by atoms with Crippen LogP contribution in [0.4, 0.5) is 0 Å². The van der Waals surface area contributed by atoms with E-state index >= 15 is 0 Å². The average Bonchev–Trinajstić information content (AvgIpc) is 3.16. The molecule has 0 atom stereocenters. The molecule has 0 unspecified atom stereocenters. The molecule has 0 amide bonds. The van der Waals surface area contributed by atoms with Crippen molar-refractivity contribution in [3.8, 4) is 33.4 Å². The van der Waals surface area contributed by atoms with Crippen LogP contribution in [0.15, 0.2) is 182 Å². The molecule has 0 nitrogen and oxygen atoms in total. The minimum atomic E-state index is 1.24. The summed E-state index contributed by atoms with van der Waals surface area (Å²) in [7, 11) is 0. The van der Waals surface area contributed by atoms with Crippen molar-refractivity contribution in [1.82, 2.24) is 0 Å². The van der Waals surface area contributed by atoms with Crippen molar-refractivity contribution in [3.05, 3.63) is 182 Å². The standard InChI is InChI=1S/C48H30/c1-3-13-39-31(10-1)12-9-19-41(39)36-25-23-35-29-37(27-24-34(35)28-36)47-42-15-5-7-17-44(42)48(45-18-8-6-16-43(45)47)38-26-22-33-21-20-32-11-2-4-14-40(32)46(33)30-38/h1-30H. The van der Waals surface area contributed by atoms with E-state index in [1.165, 1.54) is 98.0 Å². The fourth-order valence-electron chi connectivity index (χ4n) is 7.95. The van der Waals surface area contributed by atoms with E-state index in [1.54, 1.807) is 0 Å². The minimum absolute atomic E-state index is 1.24. The van der Waals surface area contributed by atoms with Crippen LogP contribution in [0.3, 0.4) is 0 Å². The summed E-state index contributed by atoms with van der Waals surface area (Å²) in [6, 6.07) is 67.1. The number of benzene rings is 10.